The molecule has 105 heavy (non-hydrogen) atoms. The van der Waals surface area contributed by atoms with E-state index in [1.54, 1.807) is 72.9 Å². The van der Waals surface area contributed by atoms with Crippen LogP contribution in [0.2, 0.25) is 0 Å². The van der Waals surface area contributed by atoms with Crippen molar-refractivity contribution in [2.45, 2.75) is 196 Å². The lowest BCUT2D eigenvalue weighted by Gasteiger charge is -2.32. The van der Waals surface area contributed by atoms with Gasteiger partial charge < -0.3 is 97.5 Å². The summed E-state index contributed by atoms with van der Waals surface area (Å²) in [6, 6.07) is 10.2. The number of para-hydroxylation sites is 1. The molecule has 0 bridgehead atoms. The molecule has 3 aromatic carbocycles. The number of aromatic nitrogens is 1. The lowest BCUT2D eigenvalue weighted by Crippen LogP contribution is -2.61. The van der Waals surface area contributed by atoms with Gasteiger partial charge in [-0.1, -0.05) is 92.7 Å². The largest absolute Gasteiger partial charge is 0.370 e. The number of unbranched alkanes of at least 4 members (excludes halogenated alkanes) is 1. The number of carbonyl (C=O) groups is 13. The Morgan fingerprint density at radius 2 is 0.971 bits per heavy atom. The number of benzene rings is 3. The third kappa shape index (κ3) is 26.8. The number of nitrogens with one attached hydrogen (secondary N) is 9. The van der Waals surface area contributed by atoms with Crippen molar-refractivity contribution in [3.63, 3.8) is 0 Å². The van der Waals surface area contributed by atoms with Crippen LogP contribution in [0.4, 0.5) is 0 Å². The number of amides is 13. The number of fused-ring (bicyclic) bond motifs is 1. The Morgan fingerprint density at radius 3 is 1.48 bits per heavy atom. The number of primary amides is 3. The lowest BCUT2D eigenvalue weighted by molar-refractivity contribution is -0.144. The topological polar surface area (TPSA) is 535 Å². The highest BCUT2D eigenvalue weighted by Crippen LogP contribution is 2.25. The first-order valence-electron chi connectivity index (χ1n) is 35.7. The van der Waals surface area contributed by atoms with Gasteiger partial charge in [-0.05, 0) is 131 Å². The predicted octanol–water partition coefficient (Wildman–Crippen LogP) is -1.62. The highest BCUT2D eigenvalue weighted by atomic mass is 32.2. The predicted molar refractivity (Wildman–Crippen MR) is 397 cm³/mol. The van der Waals surface area contributed by atoms with Crippen molar-refractivity contribution < 1.29 is 62.3 Å². The average Bonchev–Trinajstić information content (AvgIpc) is 1.48. The van der Waals surface area contributed by atoms with E-state index in [2.05, 4.69) is 52.5 Å². The monoisotopic (exact) mass is 1480 g/mol. The van der Waals surface area contributed by atoms with Crippen LogP contribution in [0.15, 0.2) is 96.1 Å². The van der Waals surface area contributed by atoms with Crippen LogP contribution in [0.25, 0.3) is 10.9 Å². The quantitative estimate of drug-likeness (QED) is 0.0134. The zero-order valence-corrected chi connectivity index (χ0v) is 60.8. The summed E-state index contributed by atoms with van der Waals surface area (Å²) >= 11 is 1.45. The normalized spacial score (nSPS) is 16.7. The van der Waals surface area contributed by atoms with Gasteiger partial charge in [0.2, 0.25) is 76.8 Å². The molecule has 33 heteroatoms. The van der Waals surface area contributed by atoms with Gasteiger partial charge in [0.15, 0.2) is 5.96 Å². The van der Waals surface area contributed by atoms with Crippen molar-refractivity contribution in [1.29, 1.82) is 0 Å². The van der Waals surface area contributed by atoms with Crippen LogP contribution in [0.5, 0.6) is 0 Å². The van der Waals surface area contributed by atoms with Crippen molar-refractivity contribution in [2.24, 2.45) is 51.0 Å². The zero-order chi connectivity index (χ0) is 76.7. The Hall–Kier alpha value is -10.1. The Bertz CT molecular complexity index is 3650. The standard InChI is InChI=1S/C72H105N19O13S/c1-42(2)37-53(64(97)82-49(61(77)94)31-36-105-3)86-67(100)56(40-45-41-81-48-23-11-10-21-46(45)48)89-66(99)55(39-44-19-8-5-9-20-44)88-65(98)54(38-43-17-6-4-7-18-43)87-63(96)50(27-29-59(75)92)83-62(95)51(28-30-60(76)93)84-68(101)58-26-16-35-91(58)71(104)52(24-12-13-32-73)85-69(102)57-25-15-34-90(57)70(103)47(74)22-14-33-80-72(78)79/h4-11,17-21,23,41-42,47,49-58,81H,12-16,22,24-40,73-74H2,1-3H3,(H2,75,92)(H2,76,93)(H2,77,94)(H,82,97)(H,83,95)(H,84,101)(H,85,102)(H,86,100)(H,87,96)(H,88,98)(H,89,99)(H4,78,79,80)/t47-,49-,50-,51-,52-,53-,54+,55-,56+,57+,58-/m0/s1. The number of guanidine groups is 1. The van der Waals surface area contributed by atoms with E-state index in [0.717, 1.165) is 10.9 Å². The van der Waals surface area contributed by atoms with Gasteiger partial charge in [0, 0.05) is 68.8 Å². The third-order valence-electron chi connectivity index (χ3n) is 18.3. The van der Waals surface area contributed by atoms with E-state index in [-0.39, 0.29) is 89.4 Å². The van der Waals surface area contributed by atoms with E-state index in [1.165, 1.54) is 21.6 Å². The first kappa shape index (κ1) is 83.8. The maximum absolute atomic E-state index is 15.2. The second kappa shape index (κ2) is 42.6. The van der Waals surface area contributed by atoms with Gasteiger partial charge in [-0.3, -0.25) is 67.3 Å². The van der Waals surface area contributed by atoms with Crippen LogP contribution in [0.3, 0.4) is 0 Å². The number of hydrogen-bond acceptors (Lipinski definition) is 17. The Balaban J connectivity index is 1.25. The Kier molecular flexibility index (Phi) is 34.0. The maximum atomic E-state index is 15.2. The number of H-pyrrole nitrogens is 1. The summed E-state index contributed by atoms with van der Waals surface area (Å²) in [5, 5.41) is 22.7. The van der Waals surface area contributed by atoms with Crippen LogP contribution in [0.1, 0.15) is 127 Å². The molecule has 2 aliphatic rings. The first-order valence-corrected chi connectivity index (χ1v) is 37.1. The second-order valence-electron chi connectivity index (χ2n) is 27.0. The number of rotatable bonds is 44. The van der Waals surface area contributed by atoms with E-state index in [1.807, 2.05) is 38.3 Å². The number of thioether (sulfide) groups is 1. The fourth-order valence-electron chi connectivity index (χ4n) is 12.8. The van der Waals surface area contributed by atoms with Crippen LogP contribution in [-0.4, -0.2) is 202 Å². The molecular weight excluding hydrogens is 1370 g/mol. The third-order valence-corrected chi connectivity index (χ3v) is 19.0. The minimum Gasteiger partial charge on any atom is -0.370 e. The number of nitrogens with two attached hydrogens (primary N) is 7. The molecule has 6 rings (SSSR count). The molecular formula is C72H105N19O13S. The molecule has 13 amide bonds. The smallest absolute Gasteiger partial charge is 0.245 e. The molecule has 4 aromatic rings. The van der Waals surface area contributed by atoms with Gasteiger partial charge in [0.1, 0.15) is 60.4 Å². The van der Waals surface area contributed by atoms with Crippen molar-refractivity contribution in [1.82, 2.24) is 57.3 Å². The molecule has 0 saturated carbocycles. The summed E-state index contributed by atoms with van der Waals surface area (Å²) in [7, 11) is 0. The lowest BCUT2D eigenvalue weighted by atomic mass is 9.99. The van der Waals surface area contributed by atoms with Gasteiger partial charge in [0.25, 0.3) is 0 Å². The molecule has 23 N–H and O–H groups in total. The molecule has 0 unspecified atom stereocenters. The van der Waals surface area contributed by atoms with E-state index in [0.29, 0.717) is 61.0 Å². The summed E-state index contributed by atoms with van der Waals surface area (Å²) in [5.41, 5.74) is 42.3. The number of nitrogens with zero attached hydrogens (tertiary/aromatic N) is 3. The summed E-state index contributed by atoms with van der Waals surface area (Å²) in [6.45, 7) is 4.53. The van der Waals surface area contributed by atoms with Crippen LogP contribution >= 0.6 is 11.8 Å². The molecule has 0 aliphatic carbocycles. The number of likely N-dealkylation sites (tertiary alicyclic amines) is 2. The molecule has 32 nitrogen and oxygen atoms in total. The van der Waals surface area contributed by atoms with Crippen molar-refractivity contribution in [3.8, 4) is 0 Å². The number of carbonyl (C=O) groups excluding carboxylic acids is 13. The zero-order valence-electron chi connectivity index (χ0n) is 60.0. The first-order chi connectivity index (χ1) is 50.2. The molecule has 572 valence electrons. The summed E-state index contributed by atoms with van der Waals surface area (Å²) in [5.74, 6) is -9.99. The highest BCUT2D eigenvalue weighted by molar-refractivity contribution is 7.98. The second-order valence-corrected chi connectivity index (χ2v) is 28.0. The number of aromatic amines is 1. The summed E-state index contributed by atoms with van der Waals surface area (Å²) in [4.78, 5) is 193. The molecule has 11 atom stereocenters. The fraction of sp³-hybridized carbons (Fsp3) is 0.528. The molecule has 2 saturated heterocycles. The van der Waals surface area contributed by atoms with Crippen LogP contribution < -0.4 is 82.7 Å². The van der Waals surface area contributed by atoms with E-state index in [9.17, 15) is 52.7 Å². The minimum absolute atomic E-state index is 0.0660. The molecule has 0 radical (unpaired) electrons. The number of aliphatic imine (C=N–C) groups is 1. The van der Waals surface area contributed by atoms with Crippen molar-refractivity contribution in [3.05, 3.63) is 108 Å². The number of hydrogen-bond donors (Lipinski definition) is 16. The summed E-state index contributed by atoms with van der Waals surface area (Å²) in [6.07, 6.45) is 4.46. The van der Waals surface area contributed by atoms with Gasteiger partial charge >= 0.3 is 0 Å². The van der Waals surface area contributed by atoms with Crippen LogP contribution in [-0.2, 0) is 81.6 Å². The summed E-state index contributed by atoms with van der Waals surface area (Å²) < 4.78 is 0. The molecule has 2 fully saturated rings. The average molecular weight is 1480 g/mol. The highest BCUT2D eigenvalue weighted by Gasteiger charge is 2.43. The van der Waals surface area contributed by atoms with Crippen molar-refractivity contribution >= 4 is 105 Å². The van der Waals surface area contributed by atoms with Gasteiger partial charge in [-0.15, -0.1) is 0 Å². The van der Waals surface area contributed by atoms with E-state index in [4.69, 9.17) is 40.1 Å². The minimum atomic E-state index is -1.67. The van der Waals surface area contributed by atoms with E-state index >= 15 is 9.59 Å². The van der Waals surface area contributed by atoms with Crippen LogP contribution in [0, 0.1) is 5.92 Å². The molecule has 3 heterocycles. The Morgan fingerprint density at radius 1 is 0.514 bits per heavy atom. The molecule has 1 aromatic heterocycles. The van der Waals surface area contributed by atoms with Gasteiger partial charge in [-0.25, -0.2) is 0 Å². The SMILES string of the molecule is CSCC[C@H](NC(=O)[C@H](CC(C)C)NC(=O)[C@@H](Cc1c[nH]c2ccccc12)NC(=O)[C@H](Cc1ccccc1)NC(=O)[C@@H](Cc1ccccc1)NC(=O)[C@H](CCC(N)=O)NC(=O)[C@H](CCC(N)=O)NC(=O)[C@@H]1CCCN1C(=O)[C@H](CCCCN)NC(=O)[C@H]1CCCN1C(=O)[C@@H](N)CCCN=C(N)N)C(N)=O. The molecule has 0 spiro atoms. The van der Waals surface area contributed by atoms with Gasteiger partial charge in [0.05, 0.1) is 6.04 Å². The Labute approximate surface area is 615 Å². The van der Waals surface area contributed by atoms with Crippen molar-refractivity contribution in [2.75, 3.05) is 38.2 Å². The maximum Gasteiger partial charge on any atom is 0.245 e. The fourth-order valence-corrected chi connectivity index (χ4v) is 13.2. The van der Waals surface area contributed by atoms with Gasteiger partial charge in [-0.2, -0.15) is 11.8 Å². The van der Waals surface area contributed by atoms with E-state index < -0.39 is 169 Å². The molecule has 2 aliphatic heterocycles.